The van der Waals surface area contributed by atoms with Crippen LogP contribution in [0.25, 0.3) is 11.1 Å². The van der Waals surface area contributed by atoms with E-state index in [4.69, 9.17) is 14.2 Å². The Morgan fingerprint density at radius 1 is 0.818 bits per heavy atom. The number of para-hydroxylation sites is 1. The zero-order valence-electron chi connectivity index (χ0n) is 19.2. The molecule has 0 radical (unpaired) electrons. The molecule has 0 aliphatic carbocycles. The Morgan fingerprint density at radius 3 is 2.27 bits per heavy atom. The molecule has 0 saturated carbocycles. The quantitative estimate of drug-likeness (QED) is 0.522. The second-order valence-electron chi connectivity index (χ2n) is 7.99. The minimum absolute atomic E-state index is 0.0106. The van der Waals surface area contributed by atoms with Gasteiger partial charge < -0.3 is 19.1 Å². The third-order valence-electron chi connectivity index (χ3n) is 5.93. The topological polar surface area (TPSA) is 51.2 Å². The van der Waals surface area contributed by atoms with Gasteiger partial charge in [-0.05, 0) is 29.8 Å². The molecule has 0 aromatic heterocycles. The molecule has 1 heterocycles. The molecule has 4 rings (SSSR count). The fourth-order valence-electron chi connectivity index (χ4n) is 4.08. The molecule has 1 fully saturated rings. The van der Waals surface area contributed by atoms with E-state index in [1.165, 1.54) is 0 Å². The van der Waals surface area contributed by atoms with Crippen molar-refractivity contribution in [2.24, 2.45) is 0 Å². The first-order chi connectivity index (χ1) is 16.2. The van der Waals surface area contributed by atoms with Crippen molar-refractivity contribution in [1.29, 1.82) is 0 Å². The molecule has 0 atom stereocenters. The number of hydrogen-bond donors (Lipinski definition) is 0. The van der Waals surface area contributed by atoms with Crippen LogP contribution in [0.3, 0.4) is 0 Å². The highest BCUT2D eigenvalue weighted by Crippen LogP contribution is 2.29. The van der Waals surface area contributed by atoms with Gasteiger partial charge in [0, 0.05) is 43.9 Å². The van der Waals surface area contributed by atoms with Gasteiger partial charge in [0.05, 0.1) is 14.2 Å². The molecule has 1 aliphatic heterocycles. The van der Waals surface area contributed by atoms with Crippen LogP contribution in [0.15, 0.2) is 72.8 Å². The van der Waals surface area contributed by atoms with E-state index in [1.807, 2.05) is 77.7 Å². The summed E-state index contributed by atoms with van der Waals surface area (Å²) in [6, 6.07) is 23.7. The third-order valence-corrected chi connectivity index (χ3v) is 5.93. The molecule has 6 heteroatoms. The number of methoxy groups -OCH3 is 2. The van der Waals surface area contributed by atoms with Crippen molar-refractivity contribution in [1.82, 2.24) is 9.80 Å². The molecule has 6 nitrogen and oxygen atoms in total. The SMILES string of the molecule is COc1ccc(OC)c(CN2CCN(C(=O)COc3ccccc3-c3ccccc3)CC2)c1. The van der Waals surface area contributed by atoms with Gasteiger partial charge in [0.2, 0.25) is 0 Å². The fraction of sp³-hybridized carbons (Fsp3) is 0.296. The summed E-state index contributed by atoms with van der Waals surface area (Å²) in [7, 11) is 3.34. The summed E-state index contributed by atoms with van der Waals surface area (Å²) in [6.45, 7) is 3.74. The first-order valence-electron chi connectivity index (χ1n) is 11.2. The van der Waals surface area contributed by atoms with Crippen molar-refractivity contribution in [3.8, 4) is 28.4 Å². The Kier molecular flexibility index (Phi) is 7.47. The smallest absolute Gasteiger partial charge is 0.260 e. The maximum atomic E-state index is 12.8. The molecule has 172 valence electrons. The fourth-order valence-corrected chi connectivity index (χ4v) is 4.08. The molecule has 1 aliphatic rings. The number of nitrogens with zero attached hydrogens (tertiary/aromatic N) is 2. The van der Waals surface area contributed by atoms with Crippen LogP contribution in [0.4, 0.5) is 0 Å². The van der Waals surface area contributed by atoms with Crippen molar-refractivity contribution < 1.29 is 19.0 Å². The van der Waals surface area contributed by atoms with Crippen molar-refractivity contribution >= 4 is 5.91 Å². The maximum absolute atomic E-state index is 12.8. The molecule has 1 amide bonds. The van der Waals surface area contributed by atoms with Gasteiger partial charge in [-0.25, -0.2) is 0 Å². The Labute approximate surface area is 195 Å². The van der Waals surface area contributed by atoms with Crippen LogP contribution in [0.5, 0.6) is 17.2 Å². The lowest BCUT2D eigenvalue weighted by Crippen LogP contribution is -2.49. The number of amides is 1. The van der Waals surface area contributed by atoms with Gasteiger partial charge in [-0.1, -0.05) is 48.5 Å². The number of hydrogen-bond acceptors (Lipinski definition) is 5. The number of carbonyl (C=O) groups excluding carboxylic acids is 1. The second kappa shape index (κ2) is 10.9. The van der Waals surface area contributed by atoms with Gasteiger partial charge in [-0.2, -0.15) is 0 Å². The highest BCUT2D eigenvalue weighted by molar-refractivity contribution is 5.78. The molecule has 3 aromatic carbocycles. The van der Waals surface area contributed by atoms with Crippen molar-refractivity contribution in [2.45, 2.75) is 6.54 Å². The Morgan fingerprint density at radius 2 is 1.55 bits per heavy atom. The van der Waals surface area contributed by atoms with E-state index in [0.29, 0.717) is 13.1 Å². The minimum Gasteiger partial charge on any atom is -0.497 e. The highest BCUT2D eigenvalue weighted by atomic mass is 16.5. The largest absolute Gasteiger partial charge is 0.497 e. The first kappa shape index (κ1) is 22.7. The van der Waals surface area contributed by atoms with E-state index in [0.717, 1.165) is 53.6 Å². The zero-order chi connectivity index (χ0) is 23.0. The van der Waals surface area contributed by atoms with Crippen LogP contribution in [-0.4, -0.2) is 62.7 Å². The highest BCUT2D eigenvalue weighted by Gasteiger charge is 2.22. The number of rotatable bonds is 8. The van der Waals surface area contributed by atoms with Crippen LogP contribution >= 0.6 is 0 Å². The predicted octanol–water partition coefficient (Wildman–Crippen LogP) is 4.09. The van der Waals surface area contributed by atoms with E-state index >= 15 is 0 Å². The van der Waals surface area contributed by atoms with Crippen molar-refractivity contribution in [3.63, 3.8) is 0 Å². The number of ether oxygens (including phenoxy) is 3. The van der Waals surface area contributed by atoms with Crippen LogP contribution < -0.4 is 14.2 Å². The predicted molar refractivity (Wildman–Crippen MR) is 129 cm³/mol. The van der Waals surface area contributed by atoms with Gasteiger partial charge >= 0.3 is 0 Å². The summed E-state index contributed by atoms with van der Waals surface area (Å²) in [6.07, 6.45) is 0. The average Bonchev–Trinajstić information content (AvgIpc) is 2.88. The van der Waals surface area contributed by atoms with Gasteiger partial charge in [0.15, 0.2) is 6.61 Å². The Hall–Kier alpha value is -3.51. The van der Waals surface area contributed by atoms with Crippen molar-refractivity contribution in [3.05, 3.63) is 78.4 Å². The average molecular weight is 447 g/mol. The van der Waals surface area contributed by atoms with Gasteiger partial charge in [0.25, 0.3) is 5.91 Å². The standard InChI is InChI=1S/C27H30N2O4/c1-31-23-12-13-25(32-2)22(18-23)19-28-14-16-29(17-15-28)27(30)20-33-26-11-7-6-10-24(26)21-8-4-3-5-9-21/h3-13,18H,14-17,19-20H2,1-2H3. The Bertz CT molecular complexity index is 1060. The van der Waals surface area contributed by atoms with Crippen molar-refractivity contribution in [2.75, 3.05) is 47.0 Å². The molecule has 0 N–H and O–H groups in total. The summed E-state index contributed by atoms with van der Waals surface area (Å²) in [5.74, 6) is 2.39. The van der Waals surface area contributed by atoms with Crippen LogP contribution in [0.2, 0.25) is 0 Å². The number of piperazine rings is 1. The molecule has 1 saturated heterocycles. The van der Waals surface area contributed by atoms with E-state index < -0.39 is 0 Å². The van der Waals surface area contributed by atoms with Crippen LogP contribution in [-0.2, 0) is 11.3 Å². The Balaban J connectivity index is 1.31. The number of benzene rings is 3. The van der Waals surface area contributed by atoms with E-state index in [1.54, 1.807) is 14.2 Å². The van der Waals surface area contributed by atoms with Gasteiger partial charge in [-0.3, -0.25) is 9.69 Å². The molecule has 33 heavy (non-hydrogen) atoms. The first-order valence-corrected chi connectivity index (χ1v) is 11.2. The molecular formula is C27H30N2O4. The molecule has 0 bridgehead atoms. The minimum atomic E-state index is 0.0106. The molecule has 3 aromatic rings. The molecule has 0 unspecified atom stereocenters. The molecular weight excluding hydrogens is 416 g/mol. The summed E-state index contributed by atoms with van der Waals surface area (Å²) in [5.41, 5.74) is 3.14. The zero-order valence-corrected chi connectivity index (χ0v) is 19.2. The summed E-state index contributed by atoms with van der Waals surface area (Å²) in [4.78, 5) is 17.0. The molecule has 0 spiro atoms. The van der Waals surface area contributed by atoms with Gasteiger partial charge in [0.1, 0.15) is 17.2 Å². The summed E-state index contributed by atoms with van der Waals surface area (Å²) in [5, 5.41) is 0. The lowest BCUT2D eigenvalue weighted by atomic mass is 10.1. The van der Waals surface area contributed by atoms with Gasteiger partial charge in [-0.15, -0.1) is 0 Å². The summed E-state index contributed by atoms with van der Waals surface area (Å²) < 4.78 is 16.8. The van der Waals surface area contributed by atoms with E-state index in [2.05, 4.69) is 4.90 Å². The third kappa shape index (κ3) is 5.65. The van der Waals surface area contributed by atoms with E-state index in [-0.39, 0.29) is 12.5 Å². The normalized spacial score (nSPS) is 14.1. The number of carbonyl (C=O) groups is 1. The monoisotopic (exact) mass is 446 g/mol. The summed E-state index contributed by atoms with van der Waals surface area (Å²) >= 11 is 0. The second-order valence-corrected chi connectivity index (χ2v) is 7.99. The lowest BCUT2D eigenvalue weighted by molar-refractivity contribution is -0.135. The van der Waals surface area contributed by atoms with E-state index in [9.17, 15) is 4.79 Å². The van der Waals surface area contributed by atoms with Crippen LogP contribution in [0.1, 0.15) is 5.56 Å². The van der Waals surface area contributed by atoms with Crippen LogP contribution in [0, 0.1) is 0 Å². The maximum Gasteiger partial charge on any atom is 0.260 e. The lowest BCUT2D eigenvalue weighted by Gasteiger charge is -2.35.